The first-order valence-corrected chi connectivity index (χ1v) is 8.78. The van der Waals surface area contributed by atoms with E-state index in [1.807, 2.05) is 0 Å². The Bertz CT molecular complexity index is 175. The number of hydrogen-bond donors (Lipinski definition) is 1. The molecule has 0 rings (SSSR count). The van der Waals surface area contributed by atoms with E-state index in [0.717, 1.165) is 6.42 Å². The predicted molar refractivity (Wildman–Crippen MR) is 88.3 cm³/mol. The highest BCUT2D eigenvalue weighted by atomic mass is 14.5. The summed E-state index contributed by atoms with van der Waals surface area (Å²) in [7, 11) is 0. The average Bonchev–Trinajstić information content (AvgIpc) is 2.43. The molecular weight excluding hydrogens is 230 g/mol. The van der Waals surface area contributed by atoms with E-state index in [4.69, 9.17) is 5.73 Å². The lowest BCUT2D eigenvalue weighted by molar-refractivity contribution is 0.536. The molecule has 2 N–H and O–H groups in total. The molecule has 0 aliphatic rings. The smallest absolute Gasteiger partial charge is 0.0103 e. The van der Waals surface area contributed by atoms with E-state index in [0.29, 0.717) is 0 Å². The number of rotatable bonds is 15. The second-order valence-electron chi connectivity index (χ2n) is 5.81. The quantitative estimate of drug-likeness (QED) is 0.345. The van der Waals surface area contributed by atoms with Crippen LogP contribution in [0.3, 0.4) is 0 Å². The molecule has 0 radical (unpaired) electrons. The normalized spacial score (nSPS) is 11.4. The van der Waals surface area contributed by atoms with Gasteiger partial charge >= 0.3 is 0 Å². The zero-order valence-corrected chi connectivity index (χ0v) is 13.3. The van der Waals surface area contributed by atoms with E-state index in [1.165, 1.54) is 89.9 Å². The molecule has 0 atom stereocenters. The van der Waals surface area contributed by atoms with Crippen molar-refractivity contribution in [1.82, 2.24) is 0 Å². The molecule has 0 bridgehead atoms. The van der Waals surface area contributed by atoms with Crippen molar-refractivity contribution in [3.05, 3.63) is 12.3 Å². The van der Waals surface area contributed by atoms with Crippen LogP contribution in [0.1, 0.15) is 103 Å². The van der Waals surface area contributed by atoms with E-state index >= 15 is 0 Å². The van der Waals surface area contributed by atoms with Crippen molar-refractivity contribution >= 4 is 0 Å². The van der Waals surface area contributed by atoms with Gasteiger partial charge in [-0.1, -0.05) is 96.5 Å². The third-order valence-corrected chi connectivity index (χ3v) is 3.86. The van der Waals surface area contributed by atoms with Gasteiger partial charge in [-0.05, 0) is 19.0 Å². The average molecular weight is 268 g/mol. The monoisotopic (exact) mass is 267 g/mol. The maximum atomic E-state index is 5.30. The van der Waals surface area contributed by atoms with Crippen molar-refractivity contribution in [3.8, 4) is 0 Å². The maximum absolute atomic E-state index is 5.30. The van der Waals surface area contributed by atoms with Crippen LogP contribution >= 0.6 is 0 Å². The molecule has 0 aromatic carbocycles. The van der Waals surface area contributed by atoms with Gasteiger partial charge in [-0.3, -0.25) is 0 Å². The summed E-state index contributed by atoms with van der Waals surface area (Å²) in [6.07, 6.45) is 24.9. The summed E-state index contributed by atoms with van der Waals surface area (Å²) in [6, 6.07) is 0. The first-order chi connectivity index (χ1) is 9.41. The van der Waals surface area contributed by atoms with Crippen LogP contribution in [0.5, 0.6) is 0 Å². The van der Waals surface area contributed by atoms with E-state index in [1.54, 1.807) is 6.20 Å². The fourth-order valence-electron chi connectivity index (χ4n) is 2.55. The zero-order valence-electron chi connectivity index (χ0n) is 13.3. The summed E-state index contributed by atoms with van der Waals surface area (Å²) in [5.74, 6) is 0. The summed E-state index contributed by atoms with van der Waals surface area (Å²) in [6.45, 7) is 2.29. The summed E-state index contributed by atoms with van der Waals surface area (Å²) in [5.41, 5.74) is 5.30. The van der Waals surface area contributed by atoms with Gasteiger partial charge in [0, 0.05) is 0 Å². The lowest BCUT2D eigenvalue weighted by atomic mass is 10.0. The molecule has 0 unspecified atom stereocenters. The molecule has 0 aliphatic heterocycles. The van der Waals surface area contributed by atoms with Gasteiger partial charge in [0.1, 0.15) is 0 Å². The molecule has 0 spiro atoms. The minimum atomic E-state index is 1.16. The molecule has 0 aromatic rings. The van der Waals surface area contributed by atoms with Crippen LogP contribution in [0.4, 0.5) is 0 Å². The third kappa shape index (κ3) is 17.5. The Morgan fingerprint density at radius 3 is 1.32 bits per heavy atom. The molecule has 19 heavy (non-hydrogen) atoms. The van der Waals surface area contributed by atoms with Gasteiger partial charge in [0.05, 0.1) is 0 Å². The minimum Gasteiger partial charge on any atom is -0.405 e. The van der Waals surface area contributed by atoms with Crippen molar-refractivity contribution < 1.29 is 0 Å². The molecule has 0 amide bonds. The second kappa shape index (κ2) is 17.5. The second-order valence-corrected chi connectivity index (χ2v) is 5.81. The number of unbranched alkanes of at least 4 members (excludes halogenated alkanes) is 14. The van der Waals surface area contributed by atoms with Gasteiger partial charge in [-0.15, -0.1) is 0 Å². The van der Waals surface area contributed by atoms with Gasteiger partial charge in [0.15, 0.2) is 0 Å². The summed E-state index contributed by atoms with van der Waals surface area (Å²) in [4.78, 5) is 0. The molecule has 0 aliphatic carbocycles. The molecule has 114 valence electrons. The molecule has 0 fully saturated rings. The van der Waals surface area contributed by atoms with E-state index in [2.05, 4.69) is 13.0 Å². The van der Waals surface area contributed by atoms with E-state index < -0.39 is 0 Å². The first-order valence-electron chi connectivity index (χ1n) is 8.78. The molecule has 0 aromatic heterocycles. The van der Waals surface area contributed by atoms with Crippen molar-refractivity contribution in [2.75, 3.05) is 0 Å². The van der Waals surface area contributed by atoms with Crippen LogP contribution in [-0.4, -0.2) is 0 Å². The highest BCUT2D eigenvalue weighted by molar-refractivity contribution is 4.74. The Balaban J connectivity index is 2.91. The van der Waals surface area contributed by atoms with Crippen LogP contribution in [0.25, 0.3) is 0 Å². The molecule has 0 saturated carbocycles. The fourth-order valence-corrected chi connectivity index (χ4v) is 2.55. The summed E-state index contributed by atoms with van der Waals surface area (Å²) in [5, 5.41) is 0. The lowest BCUT2D eigenvalue weighted by Gasteiger charge is -2.02. The first kappa shape index (κ1) is 18.5. The number of allylic oxidation sites excluding steroid dienone is 1. The highest BCUT2D eigenvalue weighted by Gasteiger charge is 1.93. The molecule has 0 saturated heterocycles. The molecule has 0 heterocycles. The van der Waals surface area contributed by atoms with Gasteiger partial charge in [-0.2, -0.15) is 0 Å². The zero-order chi connectivity index (χ0) is 14.0. The third-order valence-electron chi connectivity index (χ3n) is 3.86. The Kier molecular flexibility index (Phi) is 17.1. The van der Waals surface area contributed by atoms with Gasteiger partial charge in [0.2, 0.25) is 0 Å². The summed E-state index contributed by atoms with van der Waals surface area (Å²) < 4.78 is 0. The number of nitrogens with two attached hydrogens (primary N) is 1. The van der Waals surface area contributed by atoms with Crippen molar-refractivity contribution in [1.29, 1.82) is 0 Å². The Morgan fingerprint density at radius 1 is 0.579 bits per heavy atom. The van der Waals surface area contributed by atoms with Crippen LogP contribution in [0.15, 0.2) is 12.3 Å². The Morgan fingerprint density at radius 2 is 0.947 bits per heavy atom. The van der Waals surface area contributed by atoms with Gasteiger partial charge in [0.25, 0.3) is 0 Å². The van der Waals surface area contributed by atoms with Crippen LogP contribution in [0.2, 0.25) is 0 Å². The predicted octanol–water partition coefficient (Wildman–Crippen LogP) is 6.33. The Hall–Kier alpha value is -0.460. The largest absolute Gasteiger partial charge is 0.405 e. The topological polar surface area (TPSA) is 26.0 Å². The van der Waals surface area contributed by atoms with Crippen LogP contribution in [-0.2, 0) is 0 Å². The highest BCUT2D eigenvalue weighted by Crippen LogP contribution is 2.13. The molecule has 1 nitrogen and oxygen atoms in total. The fraction of sp³-hybridized carbons (Fsp3) is 0.889. The van der Waals surface area contributed by atoms with E-state index in [-0.39, 0.29) is 0 Å². The lowest BCUT2D eigenvalue weighted by Crippen LogP contribution is -1.83. The van der Waals surface area contributed by atoms with Crippen molar-refractivity contribution in [2.24, 2.45) is 5.73 Å². The van der Waals surface area contributed by atoms with Crippen LogP contribution < -0.4 is 5.73 Å². The van der Waals surface area contributed by atoms with Gasteiger partial charge in [-0.25, -0.2) is 0 Å². The van der Waals surface area contributed by atoms with E-state index in [9.17, 15) is 0 Å². The van der Waals surface area contributed by atoms with Crippen molar-refractivity contribution in [2.45, 2.75) is 103 Å². The summed E-state index contributed by atoms with van der Waals surface area (Å²) >= 11 is 0. The molecule has 1 heteroatoms. The number of hydrogen-bond acceptors (Lipinski definition) is 1. The maximum Gasteiger partial charge on any atom is -0.0103 e. The minimum absolute atomic E-state index is 1.16. The SMILES string of the molecule is CCCCCCCCCCCCCCCCC=CN. The van der Waals surface area contributed by atoms with Crippen molar-refractivity contribution in [3.63, 3.8) is 0 Å². The Labute approximate surface area is 122 Å². The van der Waals surface area contributed by atoms with Gasteiger partial charge < -0.3 is 5.73 Å². The molecular formula is C18H37N. The van der Waals surface area contributed by atoms with Crippen LogP contribution in [0, 0.1) is 0 Å². The standard InChI is InChI=1S/C18H37N/c1-2-3-4-5-6-7-8-9-10-11-12-13-14-15-16-17-18-19/h17-18H,2-16,19H2,1H3.